The first-order chi connectivity index (χ1) is 8.38. The van der Waals surface area contributed by atoms with E-state index in [9.17, 15) is 4.57 Å². The minimum absolute atomic E-state index is 0.797. The lowest BCUT2D eigenvalue weighted by molar-refractivity contribution is 0.520. The molecule has 96 valence electrons. The lowest BCUT2D eigenvalue weighted by atomic mass is 10.0. The van der Waals surface area contributed by atoms with Crippen LogP contribution in [0, 0.1) is 0 Å². The first-order valence-corrected chi connectivity index (χ1v) is 7.51. The minimum atomic E-state index is -1.15. The first-order valence-electron chi connectivity index (χ1n) is 6.56. The number of hydrogen-bond donors (Lipinski definition) is 0. The lowest BCUT2D eigenvalue weighted by Gasteiger charge is -2.07. The number of rotatable bonds is 9. The SMILES string of the molecule is CCCCCCCCc1ccccc1O[PH2]=O. The summed E-state index contributed by atoms with van der Waals surface area (Å²) in [7, 11) is -1.15. The predicted molar refractivity (Wildman–Crippen MR) is 74.5 cm³/mol. The number of benzene rings is 1. The van der Waals surface area contributed by atoms with Gasteiger partial charge in [-0.05, 0) is 24.5 Å². The molecule has 0 radical (unpaired) electrons. The van der Waals surface area contributed by atoms with Crippen LogP contribution in [0.1, 0.15) is 51.0 Å². The molecule has 0 aliphatic carbocycles. The molecule has 1 aromatic rings. The summed E-state index contributed by atoms with van der Waals surface area (Å²) < 4.78 is 15.7. The van der Waals surface area contributed by atoms with Gasteiger partial charge in [0.25, 0.3) is 0 Å². The molecule has 0 aromatic heterocycles. The average Bonchev–Trinajstić information content (AvgIpc) is 2.36. The molecule has 0 spiro atoms. The second-order valence-electron chi connectivity index (χ2n) is 4.34. The van der Waals surface area contributed by atoms with E-state index in [2.05, 4.69) is 13.0 Å². The van der Waals surface area contributed by atoms with E-state index in [0.717, 1.165) is 12.2 Å². The van der Waals surface area contributed by atoms with E-state index in [-0.39, 0.29) is 0 Å². The molecule has 0 saturated heterocycles. The number of para-hydroxylation sites is 1. The van der Waals surface area contributed by atoms with Gasteiger partial charge in [0.15, 0.2) is 0 Å². The van der Waals surface area contributed by atoms with Crippen molar-refractivity contribution in [3.05, 3.63) is 29.8 Å². The summed E-state index contributed by atoms with van der Waals surface area (Å²) in [6.07, 6.45) is 8.81. The largest absolute Gasteiger partial charge is 0.447 e. The monoisotopic (exact) mass is 254 g/mol. The summed E-state index contributed by atoms with van der Waals surface area (Å²) in [5.41, 5.74) is 1.19. The highest BCUT2D eigenvalue weighted by Gasteiger charge is 2.01. The molecule has 2 nitrogen and oxygen atoms in total. The minimum Gasteiger partial charge on any atom is -0.447 e. The van der Waals surface area contributed by atoms with Crippen molar-refractivity contribution in [2.75, 3.05) is 0 Å². The third-order valence-corrected chi connectivity index (χ3v) is 3.30. The molecule has 0 heterocycles. The fourth-order valence-electron chi connectivity index (χ4n) is 1.97. The maximum Gasteiger partial charge on any atom is 0.225 e. The molecule has 1 aromatic carbocycles. The van der Waals surface area contributed by atoms with E-state index in [4.69, 9.17) is 4.52 Å². The van der Waals surface area contributed by atoms with Crippen molar-refractivity contribution in [2.24, 2.45) is 0 Å². The van der Waals surface area contributed by atoms with Gasteiger partial charge in [-0.3, -0.25) is 4.57 Å². The Morgan fingerprint density at radius 2 is 1.76 bits per heavy atom. The number of aryl methyl sites for hydroxylation is 1. The van der Waals surface area contributed by atoms with Gasteiger partial charge in [0.05, 0.1) is 0 Å². The van der Waals surface area contributed by atoms with E-state index in [0.29, 0.717) is 0 Å². The maximum atomic E-state index is 10.6. The van der Waals surface area contributed by atoms with Crippen molar-refractivity contribution in [3.8, 4) is 5.75 Å². The Balaban J connectivity index is 2.28. The Morgan fingerprint density at radius 3 is 2.53 bits per heavy atom. The second kappa shape index (κ2) is 9.30. The molecule has 0 aliphatic heterocycles. The third-order valence-electron chi connectivity index (χ3n) is 2.95. The molecule has 0 saturated carbocycles. The van der Waals surface area contributed by atoms with Crippen molar-refractivity contribution in [1.82, 2.24) is 0 Å². The predicted octanol–water partition coefficient (Wildman–Crippen LogP) is 4.64. The Hall–Kier alpha value is -0.750. The fraction of sp³-hybridized carbons (Fsp3) is 0.571. The summed E-state index contributed by atoms with van der Waals surface area (Å²) in [6.45, 7) is 2.23. The molecule has 17 heavy (non-hydrogen) atoms. The van der Waals surface area contributed by atoms with Gasteiger partial charge in [0.1, 0.15) is 5.75 Å². The zero-order valence-electron chi connectivity index (χ0n) is 10.7. The molecule has 0 bridgehead atoms. The fourth-order valence-corrected chi connectivity index (χ4v) is 2.31. The van der Waals surface area contributed by atoms with Crippen LogP contribution in [0.25, 0.3) is 0 Å². The van der Waals surface area contributed by atoms with Gasteiger partial charge in [-0.15, -0.1) is 0 Å². The molecule has 1 rings (SSSR count). The highest BCUT2D eigenvalue weighted by Crippen LogP contribution is 2.23. The van der Waals surface area contributed by atoms with Crippen LogP contribution >= 0.6 is 8.69 Å². The zero-order valence-corrected chi connectivity index (χ0v) is 11.8. The Bertz CT molecular complexity index is 326. The first kappa shape index (κ1) is 14.3. The van der Waals surface area contributed by atoms with Crippen LogP contribution < -0.4 is 4.52 Å². The van der Waals surface area contributed by atoms with Crippen LogP contribution in [0.15, 0.2) is 24.3 Å². The van der Waals surface area contributed by atoms with Crippen molar-refractivity contribution in [2.45, 2.75) is 51.9 Å². The van der Waals surface area contributed by atoms with Gasteiger partial charge in [-0.25, -0.2) is 0 Å². The summed E-state index contributed by atoms with van der Waals surface area (Å²) in [5, 5.41) is 0. The van der Waals surface area contributed by atoms with Crippen LogP contribution in [0.4, 0.5) is 0 Å². The molecule has 0 fully saturated rings. The van der Waals surface area contributed by atoms with Crippen molar-refractivity contribution < 1.29 is 9.09 Å². The molecular weight excluding hydrogens is 231 g/mol. The normalized spacial score (nSPS) is 11.1. The number of unbranched alkanes of at least 4 members (excludes halogenated alkanes) is 5. The molecule has 0 N–H and O–H groups in total. The van der Waals surface area contributed by atoms with Crippen LogP contribution in [-0.4, -0.2) is 0 Å². The molecule has 1 unspecified atom stereocenters. The van der Waals surface area contributed by atoms with E-state index >= 15 is 0 Å². The van der Waals surface area contributed by atoms with E-state index < -0.39 is 8.69 Å². The summed E-state index contributed by atoms with van der Waals surface area (Å²) in [6, 6.07) is 7.91. The molecular formula is C14H23O2P. The average molecular weight is 254 g/mol. The van der Waals surface area contributed by atoms with Gasteiger partial charge in [0, 0.05) is 0 Å². The lowest BCUT2D eigenvalue weighted by Crippen LogP contribution is -1.89. The van der Waals surface area contributed by atoms with E-state index in [1.54, 1.807) is 0 Å². The molecule has 0 aliphatic rings. The molecule has 1 atom stereocenters. The van der Waals surface area contributed by atoms with Crippen LogP contribution in [0.3, 0.4) is 0 Å². The molecule has 3 heteroatoms. The van der Waals surface area contributed by atoms with E-state index in [1.807, 2.05) is 18.2 Å². The Kier molecular flexibility index (Phi) is 7.83. The second-order valence-corrected chi connectivity index (χ2v) is 4.77. The van der Waals surface area contributed by atoms with E-state index in [1.165, 1.54) is 44.1 Å². The van der Waals surface area contributed by atoms with Crippen molar-refractivity contribution in [1.29, 1.82) is 0 Å². The summed E-state index contributed by atoms with van der Waals surface area (Å²) in [5.74, 6) is 0.797. The van der Waals surface area contributed by atoms with Crippen molar-refractivity contribution in [3.63, 3.8) is 0 Å². The summed E-state index contributed by atoms with van der Waals surface area (Å²) in [4.78, 5) is 0. The van der Waals surface area contributed by atoms with Gasteiger partial charge in [-0.2, -0.15) is 0 Å². The van der Waals surface area contributed by atoms with Crippen LogP contribution in [-0.2, 0) is 11.0 Å². The zero-order chi connectivity index (χ0) is 12.3. The third kappa shape index (κ3) is 5.93. The standard InChI is InChI=1S/C14H23O2P/c1-2-3-4-5-6-7-10-13-11-8-9-12-14(13)16-17-15/h8-9,11-12H,2-7,10,17H2,1H3. The quantitative estimate of drug-likeness (QED) is 0.474. The Morgan fingerprint density at radius 1 is 1.06 bits per heavy atom. The highest BCUT2D eigenvalue weighted by atomic mass is 31.1. The highest BCUT2D eigenvalue weighted by molar-refractivity contribution is 7.17. The van der Waals surface area contributed by atoms with Crippen LogP contribution in [0.2, 0.25) is 0 Å². The maximum absolute atomic E-state index is 10.6. The Labute approximate surface area is 106 Å². The smallest absolute Gasteiger partial charge is 0.225 e. The van der Waals surface area contributed by atoms with Gasteiger partial charge in [-0.1, -0.05) is 57.2 Å². The van der Waals surface area contributed by atoms with Gasteiger partial charge in [0.2, 0.25) is 8.69 Å². The van der Waals surface area contributed by atoms with Crippen molar-refractivity contribution >= 4 is 8.69 Å². The topological polar surface area (TPSA) is 26.3 Å². The molecule has 0 amide bonds. The van der Waals surface area contributed by atoms with Crippen LogP contribution in [0.5, 0.6) is 5.75 Å². The van der Waals surface area contributed by atoms with Gasteiger partial charge >= 0.3 is 0 Å². The van der Waals surface area contributed by atoms with Gasteiger partial charge < -0.3 is 4.52 Å². The number of hydrogen-bond acceptors (Lipinski definition) is 2. The summed E-state index contributed by atoms with van der Waals surface area (Å²) >= 11 is 0.